The molecule has 0 radical (unpaired) electrons. The van der Waals surface area contributed by atoms with E-state index in [-0.39, 0.29) is 17.7 Å². The first-order valence-corrected chi connectivity index (χ1v) is 9.17. The first-order valence-electron chi connectivity index (χ1n) is 9.17. The van der Waals surface area contributed by atoms with E-state index in [1.54, 1.807) is 0 Å². The molecule has 3 rings (SSSR count). The number of carbonyl (C=O) groups is 2. The van der Waals surface area contributed by atoms with Crippen LogP contribution in [0, 0.1) is 19.8 Å². The molecular formula is C19H28N2O3. The van der Waals surface area contributed by atoms with Gasteiger partial charge in [0.05, 0.1) is 5.92 Å². The summed E-state index contributed by atoms with van der Waals surface area (Å²) in [4.78, 5) is 26.8. The minimum absolute atomic E-state index is 0.0160. The highest BCUT2D eigenvalue weighted by molar-refractivity contribution is 5.89. The lowest BCUT2D eigenvalue weighted by atomic mass is 10.1. The summed E-state index contributed by atoms with van der Waals surface area (Å²) in [5.74, 6) is 1.62. The Morgan fingerprint density at radius 3 is 2.58 bits per heavy atom. The molecule has 2 fully saturated rings. The summed E-state index contributed by atoms with van der Waals surface area (Å²) < 4.78 is 5.48. The maximum absolute atomic E-state index is 12.5. The molecular weight excluding hydrogens is 304 g/mol. The van der Waals surface area contributed by atoms with Gasteiger partial charge in [0.15, 0.2) is 0 Å². The van der Waals surface area contributed by atoms with Crippen LogP contribution in [-0.4, -0.2) is 29.3 Å². The van der Waals surface area contributed by atoms with Crippen LogP contribution >= 0.6 is 0 Å². The van der Waals surface area contributed by atoms with Crippen molar-refractivity contribution in [1.82, 2.24) is 10.2 Å². The molecule has 1 aliphatic carbocycles. The number of likely N-dealkylation sites (tertiary alicyclic amines) is 1. The van der Waals surface area contributed by atoms with Gasteiger partial charge in [0.25, 0.3) is 0 Å². The van der Waals surface area contributed by atoms with E-state index in [1.165, 1.54) is 25.7 Å². The van der Waals surface area contributed by atoms with Crippen LogP contribution < -0.4 is 5.32 Å². The molecule has 2 amide bonds. The average Bonchev–Trinajstić information content (AvgIpc) is 2.95. The Morgan fingerprint density at radius 1 is 1.25 bits per heavy atom. The lowest BCUT2D eigenvalue weighted by Gasteiger charge is -2.27. The van der Waals surface area contributed by atoms with Gasteiger partial charge in [-0.3, -0.25) is 9.59 Å². The number of nitrogens with zero attached hydrogens (tertiary/aromatic N) is 1. The van der Waals surface area contributed by atoms with Crippen LogP contribution in [0.4, 0.5) is 0 Å². The van der Waals surface area contributed by atoms with E-state index >= 15 is 0 Å². The van der Waals surface area contributed by atoms with Gasteiger partial charge in [-0.1, -0.05) is 25.7 Å². The van der Waals surface area contributed by atoms with Crippen LogP contribution in [0.2, 0.25) is 0 Å². The van der Waals surface area contributed by atoms with E-state index < -0.39 is 0 Å². The molecule has 0 aromatic carbocycles. The molecule has 1 saturated carbocycles. The quantitative estimate of drug-likeness (QED) is 0.862. The molecule has 5 heteroatoms. The first-order chi connectivity index (χ1) is 11.5. The molecule has 1 unspecified atom stereocenters. The summed E-state index contributed by atoms with van der Waals surface area (Å²) in [5, 5.41) is 2.97. The van der Waals surface area contributed by atoms with Crippen molar-refractivity contribution in [3.8, 4) is 0 Å². The fraction of sp³-hybridized carbons (Fsp3) is 0.684. The second-order valence-electron chi connectivity index (χ2n) is 7.25. The van der Waals surface area contributed by atoms with E-state index in [4.69, 9.17) is 4.42 Å². The molecule has 1 N–H and O–H groups in total. The van der Waals surface area contributed by atoms with Crippen LogP contribution in [0.5, 0.6) is 0 Å². The molecule has 24 heavy (non-hydrogen) atoms. The van der Waals surface area contributed by atoms with E-state index in [0.717, 1.165) is 29.9 Å². The Balaban J connectivity index is 1.54. The van der Waals surface area contributed by atoms with E-state index in [1.807, 2.05) is 24.8 Å². The predicted octanol–water partition coefficient (Wildman–Crippen LogP) is 3.08. The van der Waals surface area contributed by atoms with Gasteiger partial charge < -0.3 is 14.6 Å². The largest absolute Gasteiger partial charge is 0.466 e. The Morgan fingerprint density at radius 2 is 1.96 bits per heavy atom. The van der Waals surface area contributed by atoms with Crippen molar-refractivity contribution >= 4 is 11.8 Å². The summed E-state index contributed by atoms with van der Waals surface area (Å²) in [6.45, 7) is 4.86. The monoisotopic (exact) mass is 332 g/mol. The van der Waals surface area contributed by atoms with Gasteiger partial charge in [-0.05, 0) is 32.8 Å². The highest BCUT2D eigenvalue weighted by Crippen LogP contribution is 2.28. The highest BCUT2D eigenvalue weighted by atomic mass is 16.3. The zero-order valence-corrected chi connectivity index (χ0v) is 14.8. The molecule has 2 aliphatic rings. The fourth-order valence-electron chi connectivity index (χ4n) is 4.02. The number of amides is 2. The Labute approximate surface area is 143 Å². The molecule has 0 spiro atoms. The van der Waals surface area contributed by atoms with Crippen LogP contribution in [-0.2, 0) is 16.1 Å². The molecule has 1 atom stereocenters. The zero-order chi connectivity index (χ0) is 17.1. The van der Waals surface area contributed by atoms with Gasteiger partial charge >= 0.3 is 0 Å². The molecule has 1 aromatic rings. The van der Waals surface area contributed by atoms with Gasteiger partial charge in [0, 0.05) is 31.1 Å². The maximum Gasteiger partial charge on any atom is 0.225 e. The van der Waals surface area contributed by atoms with E-state index in [9.17, 15) is 9.59 Å². The molecule has 2 heterocycles. The molecule has 1 aromatic heterocycles. The van der Waals surface area contributed by atoms with Crippen molar-refractivity contribution in [3.63, 3.8) is 0 Å². The fourth-order valence-corrected chi connectivity index (χ4v) is 4.02. The minimum atomic E-state index is -0.214. The Hall–Kier alpha value is -1.78. The second-order valence-corrected chi connectivity index (χ2v) is 7.25. The summed E-state index contributed by atoms with van der Waals surface area (Å²) >= 11 is 0. The Bertz CT molecular complexity index is 600. The van der Waals surface area contributed by atoms with Crippen LogP contribution in [0.25, 0.3) is 0 Å². The number of nitrogens with one attached hydrogen (secondary N) is 1. The van der Waals surface area contributed by atoms with Crippen molar-refractivity contribution in [1.29, 1.82) is 0 Å². The number of hydrogen-bond donors (Lipinski definition) is 1. The van der Waals surface area contributed by atoms with Gasteiger partial charge in [-0.15, -0.1) is 0 Å². The van der Waals surface area contributed by atoms with Gasteiger partial charge in [-0.2, -0.15) is 0 Å². The standard InChI is InChI=1S/C19H28N2O3/c1-13-9-15(14(2)24-13)11-20-19(23)16-10-18(22)21(12-16)17-7-5-3-4-6-8-17/h9,16-17H,3-8,10-12H2,1-2H3,(H,20,23). The third-order valence-electron chi connectivity index (χ3n) is 5.39. The van der Waals surface area contributed by atoms with Gasteiger partial charge in [0.1, 0.15) is 11.5 Å². The zero-order valence-electron chi connectivity index (χ0n) is 14.8. The number of aryl methyl sites for hydroxylation is 2. The smallest absolute Gasteiger partial charge is 0.225 e. The number of carbonyl (C=O) groups excluding carboxylic acids is 2. The minimum Gasteiger partial charge on any atom is -0.466 e. The first kappa shape index (κ1) is 17.1. The van der Waals surface area contributed by atoms with Gasteiger partial charge in [-0.25, -0.2) is 0 Å². The van der Waals surface area contributed by atoms with E-state index in [2.05, 4.69) is 5.32 Å². The maximum atomic E-state index is 12.5. The molecule has 132 valence electrons. The molecule has 1 saturated heterocycles. The molecule has 5 nitrogen and oxygen atoms in total. The van der Waals surface area contributed by atoms with Crippen molar-refractivity contribution in [3.05, 3.63) is 23.2 Å². The summed E-state index contributed by atoms with van der Waals surface area (Å²) in [6, 6.07) is 2.30. The Kier molecular flexibility index (Phi) is 5.27. The van der Waals surface area contributed by atoms with Crippen molar-refractivity contribution in [2.75, 3.05) is 6.54 Å². The summed E-state index contributed by atoms with van der Waals surface area (Å²) in [6.07, 6.45) is 7.47. The van der Waals surface area contributed by atoms with Crippen LogP contribution in [0.1, 0.15) is 62.0 Å². The van der Waals surface area contributed by atoms with Crippen molar-refractivity contribution in [2.45, 2.75) is 71.4 Å². The molecule has 0 bridgehead atoms. The van der Waals surface area contributed by atoms with Gasteiger partial charge in [0.2, 0.25) is 11.8 Å². The molecule has 1 aliphatic heterocycles. The van der Waals surface area contributed by atoms with Crippen LogP contribution in [0.3, 0.4) is 0 Å². The normalized spacial score (nSPS) is 22.7. The van der Waals surface area contributed by atoms with E-state index in [0.29, 0.717) is 25.6 Å². The number of rotatable bonds is 4. The topological polar surface area (TPSA) is 62.6 Å². The lowest BCUT2D eigenvalue weighted by Crippen LogP contribution is -2.38. The summed E-state index contributed by atoms with van der Waals surface area (Å²) in [7, 11) is 0. The van der Waals surface area contributed by atoms with Crippen LogP contribution in [0.15, 0.2) is 10.5 Å². The highest BCUT2D eigenvalue weighted by Gasteiger charge is 2.37. The van der Waals surface area contributed by atoms with Crippen molar-refractivity contribution < 1.29 is 14.0 Å². The third-order valence-corrected chi connectivity index (χ3v) is 5.39. The third kappa shape index (κ3) is 3.82. The lowest BCUT2D eigenvalue weighted by molar-refractivity contribution is -0.130. The number of furan rings is 1. The second kappa shape index (κ2) is 7.41. The average molecular weight is 332 g/mol. The SMILES string of the molecule is Cc1cc(CNC(=O)C2CC(=O)N(C3CCCCCC3)C2)c(C)o1. The van der Waals surface area contributed by atoms with Crippen molar-refractivity contribution in [2.24, 2.45) is 5.92 Å². The summed E-state index contributed by atoms with van der Waals surface area (Å²) in [5.41, 5.74) is 1.01. The predicted molar refractivity (Wildman–Crippen MR) is 91.3 cm³/mol. The number of hydrogen-bond acceptors (Lipinski definition) is 3.